The first kappa shape index (κ1) is 16.4. The summed E-state index contributed by atoms with van der Waals surface area (Å²) >= 11 is 0. The van der Waals surface area contributed by atoms with Gasteiger partial charge in [0.15, 0.2) is 11.5 Å². The van der Waals surface area contributed by atoms with Gasteiger partial charge in [-0.1, -0.05) is 25.5 Å². The van der Waals surface area contributed by atoms with Crippen LogP contribution in [0, 0.1) is 0 Å². The molecule has 1 aliphatic rings. The first-order valence-electron chi connectivity index (χ1n) is 7.58. The van der Waals surface area contributed by atoms with Crippen LogP contribution in [-0.2, 0) is 0 Å². The number of carbonyl (C=O) groups excluding carboxylic acids is 1. The highest BCUT2D eigenvalue weighted by molar-refractivity contribution is 5.95. The molecular weight excluding hydrogens is 280 g/mol. The minimum Gasteiger partial charge on any atom is -0.493 e. The second-order valence-electron chi connectivity index (χ2n) is 5.61. The fourth-order valence-corrected chi connectivity index (χ4v) is 2.82. The van der Waals surface area contributed by atoms with Crippen molar-refractivity contribution < 1.29 is 14.3 Å². The van der Waals surface area contributed by atoms with E-state index in [9.17, 15) is 4.79 Å². The molecule has 0 aliphatic heterocycles. The Bertz CT molecular complexity index is 537. The Morgan fingerprint density at radius 3 is 2.73 bits per heavy atom. The lowest BCUT2D eigenvalue weighted by Crippen LogP contribution is -2.51. The number of benzene rings is 1. The normalized spacial score (nSPS) is 16.1. The quantitative estimate of drug-likeness (QED) is 0.758. The molecule has 0 aromatic heterocycles. The van der Waals surface area contributed by atoms with Gasteiger partial charge in [-0.3, -0.25) is 4.79 Å². The van der Waals surface area contributed by atoms with Crippen molar-refractivity contribution in [3.63, 3.8) is 0 Å². The molecule has 5 heteroatoms. The molecule has 120 valence electrons. The van der Waals surface area contributed by atoms with Crippen molar-refractivity contribution in [2.45, 2.75) is 31.2 Å². The van der Waals surface area contributed by atoms with Crippen molar-refractivity contribution in [1.82, 2.24) is 5.32 Å². The molecule has 0 atom stereocenters. The fourth-order valence-electron chi connectivity index (χ4n) is 2.82. The van der Waals surface area contributed by atoms with E-state index in [-0.39, 0.29) is 11.4 Å². The standard InChI is InChI=1S/C17H24N2O3/c1-3-10-22-14-7-6-13(11-15(14)21-2)16(20)19-17(12-18)8-4-5-9-17/h3,6-7,11H,1,4-5,8-10,12,18H2,2H3,(H,19,20). The van der Waals surface area contributed by atoms with Crippen molar-refractivity contribution in [2.75, 3.05) is 20.3 Å². The summed E-state index contributed by atoms with van der Waals surface area (Å²) in [7, 11) is 1.55. The molecule has 0 saturated heterocycles. The topological polar surface area (TPSA) is 73.6 Å². The van der Waals surface area contributed by atoms with E-state index in [0.717, 1.165) is 25.7 Å². The van der Waals surface area contributed by atoms with E-state index < -0.39 is 0 Å². The Morgan fingerprint density at radius 1 is 1.41 bits per heavy atom. The molecule has 0 heterocycles. The summed E-state index contributed by atoms with van der Waals surface area (Å²) in [6, 6.07) is 5.16. The van der Waals surface area contributed by atoms with E-state index in [4.69, 9.17) is 15.2 Å². The fraction of sp³-hybridized carbons (Fsp3) is 0.471. The third kappa shape index (κ3) is 3.60. The van der Waals surface area contributed by atoms with Crippen LogP contribution < -0.4 is 20.5 Å². The SMILES string of the molecule is C=CCOc1ccc(C(=O)NC2(CN)CCCC2)cc1OC. The molecule has 1 amide bonds. The molecule has 3 N–H and O–H groups in total. The lowest BCUT2D eigenvalue weighted by molar-refractivity contribution is 0.0902. The van der Waals surface area contributed by atoms with Crippen molar-refractivity contribution in [2.24, 2.45) is 5.73 Å². The highest BCUT2D eigenvalue weighted by atomic mass is 16.5. The lowest BCUT2D eigenvalue weighted by Gasteiger charge is -2.28. The summed E-state index contributed by atoms with van der Waals surface area (Å²) in [6.07, 6.45) is 5.75. The van der Waals surface area contributed by atoms with Crippen LogP contribution in [0.15, 0.2) is 30.9 Å². The maximum absolute atomic E-state index is 12.5. The number of rotatable bonds is 7. The molecule has 0 bridgehead atoms. The summed E-state index contributed by atoms with van der Waals surface area (Å²) in [5, 5.41) is 3.10. The summed E-state index contributed by atoms with van der Waals surface area (Å²) < 4.78 is 10.8. The molecule has 0 unspecified atom stereocenters. The van der Waals surface area contributed by atoms with Gasteiger partial charge in [-0.2, -0.15) is 0 Å². The number of amides is 1. The molecule has 0 radical (unpaired) electrons. The molecule has 2 rings (SSSR count). The van der Waals surface area contributed by atoms with Gasteiger partial charge in [0, 0.05) is 12.1 Å². The maximum atomic E-state index is 12.5. The van der Waals surface area contributed by atoms with Crippen molar-refractivity contribution in [1.29, 1.82) is 0 Å². The Balaban J connectivity index is 2.14. The maximum Gasteiger partial charge on any atom is 0.251 e. The second kappa shape index (κ2) is 7.31. The van der Waals surface area contributed by atoms with Gasteiger partial charge in [0.05, 0.1) is 12.6 Å². The highest BCUT2D eigenvalue weighted by Gasteiger charge is 2.34. The third-order valence-electron chi connectivity index (χ3n) is 4.11. The van der Waals surface area contributed by atoms with Gasteiger partial charge in [-0.05, 0) is 31.0 Å². The van der Waals surface area contributed by atoms with Gasteiger partial charge in [0.2, 0.25) is 0 Å². The van der Waals surface area contributed by atoms with Crippen LogP contribution in [0.25, 0.3) is 0 Å². The number of nitrogens with two attached hydrogens (primary N) is 1. The summed E-state index contributed by atoms with van der Waals surface area (Å²) in [5.74, 6) is 0.997. The summed E-state index contributed by atoms with van der Waals surface area (Å²) in [6.45, 7) is 4.47. The number of methoxy groups -OCH3 is 1. The molecule has 5 nitrogen and oxygen atoms in total. The first-order chi connectivity index (χ1) is 10.6. The predicted molar refractivity (Wildman–Crippen MR) is 86.4 cm³/mol. The largest absolute Gasteiger partial charge is 0.493 e. The van der Waals surface area contributed by atoms with Crippen molar-refractivity contribution >= 4 is 5.91 Å². The smallest absolute Gasteiger partial charge is 0.251 e. The first-order valence-corrected chi connectivity index (χ1v) is 7.58. The molecule has 1 fully saturated rings. The average Bonchev–Trinajstić information content (AvgIpc) is 3.01. The zero-order valence-electron chi connectivity index (χ0n) is 13.1. The van der Waals surface area contributed by atoms with Crippen LogP contribution in [0.4, 0.5) is 0 Å². The molecule has 22 heavy (non-hydrogen) atoms. The number of nitrogens with one attached hydrogen (secondary N) is 1. The zero-order valence-corrected chi connectivity index (χ0v) is 13.1. The van der Waals surface area contributed by atoms with Gasteiger partial charge < -0.3 is 20.5 Å². The number of hydrogen-bond donors (Lipinski definition) is 2. The van der Waals surface area contributed by atoms with Crippen LogP contribution in [0.5, 0.6) is 11.5 Å². The van der Waals surface area contributed by atoms with Gasteiger partial charge in [-0.15, -0.1) is 0 Å². The van der Waals surface area contributed by atoms with Crippen LogP contribution in [0.1, 0.15) is 36.0 Å². The van der Waals surface area contributed by atoms with Gasteiger partial charge >= 0.3 is 0 Å². The Labute approximate surface area is 131 Å². The van der Waals surface area contributed by atoms with E-state index in [1.165, 1.54) is 0 Å². The van der Waals surface area contributed by atoms with Gasteiger partial charge in [-0.25, -0.2) is 0 Å². The molecule has 1 aromatic carbocycles. The average molecular weight is 304 g/mol. The molecular formula is C17H24N2O3. The third-order valence-corrected chi connectivity index (χ3v) is 4.11. The Kier molecular flexibility index (Phi) is 5.44. The number of carbonyl (C=O) groups is 1. The van der Waals surface area contributed by atoms with Crippen LogP contribution in [0.3, 0.4) is 0 Å². The van der Waals surface area contributed by atoms with Crippen molar-refractivity contribution in [3.8, 4) is 11.5 Å². The van der Waals surface area contributed by atoms with E-state index in [1.54, 1.807) is 31.4 Å². The summed E-state index contributed by atoms with van der Waals surface area (Å²) in [5.41, 5.74) is 6.14. The van der Waals surface area contributed by atoms with E-state index in [2.05, 4.69) is 11.9 Å². The number of hydrogen-bond acceptors (Lipinski definition) is 4. The molecule has 0 spiro atoms. The Hall–Kier alpha value is -2.01. The second-order valence-corrected chi connectivity index (χ2v) is 5.61. The Morgan fingerprint density at radius 2 is 2.14 bits per heavy atom. The van der Waals surface area contributed by atoms with Crippen molar-refractivity contribution in [3.05, 3.63) is 36.4 Å². The minimum atomic E-state index is -0.262. The molecule has 1 aromatic rings. The van der Waals surface area contributed by atoms with E-state index in [0.29, 0.717) is 30.2 Å². The number of ether oxygens (including phenoxy) is 2. The lowest BCUT2D eigenvalue weighted by atomic mass is 9.97. The molecule has 1 saturated carbocycles. The highest BCUT2D eigenvalue weighted by Crippen LogP contribution is 2.31. The van der Waals surface area contributed by atoms with Crippen LogP contribution in [-0.4, -0.2) is 31.7 Å². The monoisotopic (exact) mass is 304 g/mol. The summed E-state index contributed by atoms with van der Waals surface area (Å²) in [4.78, 5) is 12.5. The minimum absolute atomic E-state index is 0.124. The zero-order chi connectivity index (χ0) is 16.0. The van der Waals surface area contributed by atoms with Crippen LogP contribution in [0.2, 0.25) is 0 Å². The van der Waals surface area contributed by atoms with E-state index >= 15 is 0 Å². The van der Waals surface area contributed by atoms with E-state index in [1.807, 2.05) is 0 Å². The van der Waals surface area contributed by atoms with Crippen LogP contribution >= 0.6 is 0 Å². The molecule has 1 aliphatic carbocycles. The predicted octanol–water partition coefficient (Wildman–Crippen LogP) is 2.26. The van der Waals surface area contributed by atoms with Gasteiger partial charge in [0.1, 0.15) is 6.61 Å². The van der Waals surface area contributed by atoms with Gasteiger partial charge in [0.25, 0.3) is 5.91 Å².